The van der Waals surface area contributed by atoms with E-state index in [1.165, 1.54) is 31.4 Å². The van der Waals surface area contributed by atoms with Crippen molar-refractivity contribution in [2.24, 2.45) is 0 Å². The summed E-state index contributed by atoms with van der Waals surface area (Å²) in [5, 5.41) is 20.0. The summed E-state index contributed by atoms with van der Waals surface area (Å²) in [6.45, 7) is 0. The fourth-order valence-corrected chi connectivity index (χ4v) is 1.95. The second-order valence-electron chi connectivity index (χ2n) is 4.48. The molecule has 2 aromatic rings. The fraction of sp³-hybridized carbons (Fsp3) is 0.0625. The molecule has 0 heterocycles. The molecule has 0 spiro atoms. The average Bonchev–Trinajstić information content (AvgIpc) is 2.53. The number of rotatable bonds is 4. The third kappa shape index (κ3) is 3.22. The van der Waals surface area contributed by atoms with Crippen LogP contribution in [0.15, 0.2) is 42.5 Å². The summed E-state index contributed by atoms with van der Waals surface area (Å²) in [5.41, 5.74) is 7.89. The van der Waals surface area contributed by atoms with Crippen molar-refractivity contribution >= 4 is 23.0 Å². The van der Waals surface area contributed by atoms with Crippen molar-refractivity contribution in [1.29, 1.82) is 5.26 Å². The summed E-state index contributed by atoms with van der Waals surface area (Å²) in [6, 6.07) is 13.0. The van der Waals surface area contributed by atoms with E-state index in [2.05, 4.69) is 6.07 Å². The van der Waals surface area contributed by atoms with Gasteiger partial charge in [0.1, 0.15) is 5.75 Å². The number of benzene rings is 2. The van der Waals surface area contributed by atoms with Gasteiger partial charge in [0.25, 0.3) is 5.69 Å². The molecule has 0 atom stereocenters. The molecule has 2 N–H and O–H groups in total. The average molecular weight is 295 g/mol. The lowest BCUT2D eigenvalue weighted by Gasteiger charge is -2.07. The number of non-ortho nitro benzene ring substituents is 1. The molecule has 0 saturated carbocycles. The van der Waals surface area contributed by atoms with Crippen molar-refractivity contribution in [3.8, 4) is 11.8 Å². The number of anilines is 1. The highest BCUT2D eigenvalue weighted by molar-refractivity contribution is 5.91. The third-order valence-corrected chi connectivity index (χ3v) is 3.07. The van der Waals surface area contributed by atoms with Crippen molar-refractivity contribution in [2.45, 2.75) is 0 Å². The van der Waals surface area contributed by atoms with E-state index in [1.807, 2.05) is 0 Å². The summed E-state index contributed by atoms with van der Waals surface area (Å²) < 4.78 is 5.23. The van der Waals surface area contributed by atoms with Gasteiger partial charge < -0.3 is 10.5 Å². The molecule has 0 aliphatic carbocycles. The van der Waals surface area contributed by atoms with E-state index in [-0.39, 0.29) is 5.69 Å². The second kappa shape index (κ2) is 6.41. The van der Waals surface area contributed by atoms with Gasteiger partial charge in [0.2, 0.25) is 0 Å². The molecule has 2 rings (SSSR count). The van der Waals surface area contributed by atoms with Gasteiger partial charge in [-0.2, -0.15) is 5.26 Å². The lowest BCUT2D eigenvalue weighted by molar-refractivity contribution is -0.384. The number of ether oxygens (including phenoxy) is 1. The first-order chi connectivity index (χ1) is 10.5. The number of nitro benzene ring substituents is 1. The smallest absolute Gasteiger partial charge is 0.269 e. The maximum Gasteiger partial charge on any atom is 0.269 e. The van der Waals surface area contributed by atoms with Gasteiger partial charge in [-0.25, -0.2) is 0 Å². The summed E-state index contributed by atoms with van der Waals surface area (Å²) >= 11 is 0. The molecule has 0 saturated heterocycles. The van der Waals surface area contributed by atoms with E-state index in [4.69, 9.17) is 10.5 Å². The molecule has 0 unspecified atom stereocenters. The number of methoxy groups -OCH3 is 1. The van der Waals surface area contributed by atoms with Crippen LogP contribution in [0, 0.1) is 21.4 Å². The number of nitrogen functional groups attached to an aromatic ring is 1. The van der Waals surface area contributed by atoms with Crippen LogP contribution in [0.3, 0.4) is 0 Å². The number of nitriles is 1. The van der Waals surface area contributed by atoms with Gasteiger partial charge in [-0.15, -0.1) is 0 Å². The zero-order valence-corrected chi connectivity index (χ0v) is 11.8. The first-order valence-corrected chi connectivity index (χ1v) is 6.35. The van der Waals surface area contributed by atoms with Crippen molar-refractivity contribution < 1.29 is 9.66 Å². The third-order valence-electron chi connectivity index (χ3n) is 3.07. The fourth-order valence-electron chi connectivity index (χ4n) is 1.95. The zero-order valence-electron chi connectivity index (χ0n) is 11.8. The number of allylic oxidation sites excluding steroid dienone is 1. The molecule has 6 heteroatoms. The van der Waals surface area contributed by atoms with Gasteiger partial charge in [-0.1, -0.05) is 0 Å². The molecule has 6 nitrogen and oxygen atoms in total. The summed E-state index contributed by atoms with van der Waals surface area (Å²) in [4.78, 5) is 10.2. The normalized spacial score (nSPS) is 10.8. The van der Waals surface area contributed by atoms with Crippen LogP contribution in [-0.4, -0.2) is 12.0 Å². The maximum absolute atomic E-state index is 10.7. The summed E-state index contributed by atoms with van der Waals surface area (Å²) in [7, 11) is 1.52. The lowest BCUT2D eigenvalue weighted by Crippen LogP contribution is -1.92. The molecule has 0 bridgehead atoms. The first kappa shape index (κ1) is 15.1. The Morgan fingerprint density at radius 1 is 1.32 bits per heavy atom. The van der Waals surface area contributed by atoms with Crippen LogP contribution in [0.4, 0.5) is 11.4 Å². The highest BCUT2D eigenvalue weighted by Gasteiger charge is 2.08. The molecular formula is C16H13N3O3. The minimum absolute atomic E-state index is 0.0221. The zero-order chi connectivity index (χ0) is 16.1. The predicted octanol–water partition coefficient (Wildman–Crippen LogP) is 3.25. The monoisotopic (exact) mass is 295 g/mol. The molecule has 2 aromatic carbocycles. The van der Waals surface area contributed by atoms with Crippen molar-refractivity contribution in [2.75, 3.05) is 12.8 Å². The quantitative estimate of drug-likeness (QED) is 0.306. The Hall–Kier alpha value is -3.33. The minimum atomic E-state index is -0.484. The maximum atomic E-state index is 10.7. The highest BCUT2D eigenvalue weighted by Crippen LogP contribution is 2.27. The van der Waals surface area contributed by atoms with E-state index in [9.17, 15) is 15.4 Å². The van der Waals surface area contributed by atoms with Crippen LogP contribution in [0.25, 0.3) is 11.6 Å². The van der Waals surface area contributed by atoms with Crippen LogP contribution >= 0.6 is 0 Å². The number of nitrogens with two attached hydrogens (primary N) is 1. The standard InChI is InChI=1S/C16H13N3O3/c1-22-16-9-14(18)5-2-12(16)8-13(10-17)11-3-6-15(7-4-11)19(20)21/h2-9H,18H2,1H3. The molecule has 0 amide bonds. The Balaban J connectivity index is 2.44. The Morgan fingerprint density at radius 3 is 2.55 bits per heavy atom. The minimum Gasteiger partial charge on any atom is -0.496 e. The Kier molecular flexibility index (Phi) is 4.39. The largest absolute Gasteiger partial charge is 0.496 e. The Morgan fingerprint density at radius 2 is 2.00 bits per heavy atom. The molecule has 0 aromatic heterocycles. The van der Waals surface area contributed by atoms with Crippen molar-refractivity contribution in [3.05, 3.63) is 63.7 Å². The topological polar surface area (TPSA) is 102 Å². The van der Waals surface area contributed by atoms with Crippen LogP contribution < -0.4 is 10.5 Å². The molecule has 0 fully saturated rings. The predicted molar refractivity (Wildman–Crippen MR) is 84.0 cm³/mol. The first-order valence-electron chi connectivity index (χ1n) is 6.35. The van der Waals surface area contributed by atoms with E-state index >= 15 is 0 Å². The number of nitrogens with zero attached hydrogens (tertiary/aromatic N) is 2. The van der Waals surface area contributed by atoms with E-state index in [0.29, 0.717) is 28.1 Å². The van der Waals surface area contributed by atoms with Gasteiger partial charge in [-0.3, -0.25) is 10.1 Å². The van der Waals surface area contributed by atoms with Crippen LogP contribution in [0.2, 0.25) is 0 Å². The number of nitro groups is 1. The van der Waals surface area contributed by atoms with Gasteiger partial charge >= 0.3 is 0 Å². The van der Waals surface area contributed by atoms with Gasteiger partial charge in [0.05, 0.1) is 23.7 Å². The van der Waals surface area contributed by atoms with Crippen LogP contribution in [-0.2, 0) is 0 Å². The van der Waals surface area contributed by atoms with Gasteiger partial charge in [-0.05, 0) is 35.9 Å². The lowest BCUT2D eigenvalue weighted by atomic mass is 10.0. The molecule has 0 aliphatic rings. The van der Waals surface area contributed by atoms with Gasteiger partial charge in [0, 0.05) is 29.4 Å². The molecule has 0 radical (unpaired) electrons. The van der Waals surface area contributed by atoms with Crippen LogP contribution in [0.1, 0.15) is 11.1 Å². The number of hydrogen-bond donors (Lipinski definition) is 1. The number of hydrogen-bond acceptors (Lipinski definition) is 5. The van der Waals surface area contributed by atoms with Crippen LogP contribution in [0.5, 0.6) is 5.75 Å². The van der Waals surface area contributed by atoms with E-state index < -0.39 is 4.92 Å². The molecular weight excluding hydrogens is 282 g/mol. The molecule has 0 aliphatic heterocycles. The van der Waals surface area contributed by atoms with Gasteiger partial charge in [0.15, 0.2) is 0 Å². The summed E-state index contributed by atoms with van der Waals surface area (Å²) in [6.07, 6.45) is 1.65. The van der Waals surface area contributed by atoms with Crippen molar-refractivity contribution in [1.82, 2.24) is 0 Å². The van der Waals surface area contributed by atoms with Crippen molar-refractivity contribution in [3.63, 3.8) is 0 Å². The highest BCUT2D eigenvalue weighted by atomic mass is 16.6. The summed E-state index contributed by atoms with van der Waals surface area (Å²) in [5.74, 6) is 0.551. The Bertz CT molecular complexity index is 774. The SMILES string of the molecule is COc1cc(N)ccc1C=C(C#N)c1ccc([N+](=O)[O-])cc1. The second-order valence-corrected chi connectivity index (χ2v) is 4.48. The van der Waals surface area contributed by atoms with E-state index in [0.717, 1.165) is 0 Å². The molecule has 22 heavy (non-hydrogen) atoms. The Labute approximate surface area is 127 Å². The van der Waals surface area contributed by atoms with E-state index in [1.54, 1.807) is 24.3 Å². The molecule has 110 valence electrons.